The van der Waals surface area contributed by atoms with E-state index in [1.165, 1.54) is 0 Å². The van der Waals surface area contributed by atoms with E-state index >= 15 is 0 Å². The fourth-order valence-corrected chi connectivity index (χ4v) is 2.11. The van der Waals surface area contributed by atoms with Gasteiger partial charge in [0.1, 0.15) is 5.75 Å². The summed E-state index contributed by atoms with van der Waals surface area (Å²) in [5, 5.41) is 12.1. The molecular weight excluding hydrogens is 256 g/mol. The van der Waals surface area contributed by atoms with Crippen LogP contribution in [0.25, 0.3) is 0 Å². The Labute approximate surface area is 110 Å². The Kier molecular flexibility index (Phi) is 4.28. The quantitative estimate of drug-likeness (QED) is 0.379. The first-order valence-electron chi connectivity index (χ1n) is 5.69. The average Bonchev–Trinajstić information content (AvgIpc) is 2.88. The van der Waals surface area contributed by atoms with E-state index in [1.807, 2.05) is 0 Å². The maximum absolute atomic E-state index is 8.75. The van der Waals surface area contributed by atoms with Crippen LogP contribution in [0.3, 0.4) is 0 Å². The Balaban J connectivity index is 2.13. The smallest absolute Gasteiger partial charge is 0.175 e. The van der Waals surface area contributed by atoms with Gasteiger partial charge >= 0.3 is 0 Å². The lowest BCUT2D eigenvalue weighted by molar-refractivity contribution is 0.167. The van der Waals surface area contributed by atoms with Crippen molar-refractivity contribution in [3.8, 4) is 5.75 Å². The van der Waals surface area contributed by atoms with Crippen LogP contribution in [0.15, 0.2) is 23.4 Å². The fourth-order valence-electron chi connectivity index (χ4n) is 1.85. The van der Waals surface area contributed by atoms with Gasteiger partial charge in [-0.25, -0.2) is 0 Å². The molecule has 1 atom stereocenters. The molecule has 0 aliphatic carbocycles. The molecule has 0 saturated carbocycles. The van der Waals surface area contributed by atoms with Crippen molar-refractivity contribution in [2.75, 3.05) is 19.8 Å². The van der Waals surface area contributed by atoms with E-state index in [-0.39, 0.29) is 5.84 Å². The van der Waals surface area contributed by atoms with E-state index in [4.69, 9.17) is 32.0 Å². The van der Waals surface area contributed by atoms with Gasteiger partial charge in [0.15, 0.2) is 5.84 Å². The van der Waals surface area contributed by atoms with Crippen molar-refractivity contribution in [1.29, 1.82) is 0 Å². The van der Waals surface area contributed by atoms with E-state index in [0.717, 1.165) is 13.0 Å². The van der Waals surface area contributed by atoms with Crippen LogP contribution in [0.4, 0.5) is 0 Å². The third kappa shape index (κ3) is 2.86. The number of hydrogen-bond acceptors (Lipinski definition) is 4. The number of nitrogens with zero attached hydrogens (tertiary/aromatic N) is 1. The summed E-state index contributed by atoms with van der Waals surface area (Å²) in [5.74, 6) is 0.840. The van der Waals surface area contributed by atoms with Gasteiger partial charge in [-0.05, 0) is 18.6 Å². The number of hydrogen-bond donors (Lipinski definition) is 2. The van der Waals surface area contributed by atoms with Crippen LogP contribution in [0.1, 0.15) is 12.0 Å². The van der Waals surface area contributed by atoms with Gasteiger partial charge in [-0.15, -0.1) is 0 Å². The predicted octanol–water partition coefficient (Wildman–Crippen LogP) is 1.85. The largest absolute Gasteiger partial charge is 0.492 e. The fraction of sp³-hybridized carbons (Fsp3) is 0.417. The molecule has 18 heavy (non-hydrogen) atoms. The molecule has 6 heteroatoms. The van der Waals surface area contributed by atoms with Gasteiger partial charge in [-0.3, -0.25) is 0 Å². The highest BCUT2D eigenvalue weighted by Gasteiger charge is 2.18. The first kappa shape index (κ1) is 13.0. The second kappa shape index (κ2) is 5.93. The summed E-state index contributed by atoms with van der Waals surface area (Å²) < 4.78 is 11.0. The zero-order valence-corrected chi connectivity index (χ0v) is 10.6. The molecule has 1 aromatic carbocycles. The summed E-state index contributed by atoms with van der Waals surface area (Å²) in [5.41, 5.74) is 6.01. The van der Waals surface area contributed by atoms with Gasteiger partial charge < -0.3 is 20.4 Å². The van der Waals surface area contributed by atoms with Gasteiger partial charge in [0.25, 0.3) is 0 Å². The standard InChI is InChI=1S/C12H15ClN2O3/c13-9-2-1-3-10(11(9)12(14)15-16)18-7-8-4-5-17-6-8/h1-3,8,16H,4-7H2,(H2,14,15). The second-order valence-electron chi connectivity index (χ2n) is 4.14. The Bertz CT molecular complexity index is 445. The number of oxime groups is 1. The average molecular weight is 271 g/mol. The van der Waals surface area contributed by atoms with Crippen molar-refractivity contribution >= 4 is 17.4 Å². The molecule has 98 valence electrons. The SMILES string of the molecule is NC(=NO)c1c(Cl)cccc1OCC1CCOC1. The maximum Gasteiger partial charge on any atom is 0.175 e. The summed E-state index contributed by atoms with van der Waals surface area (Å²) in [7, 11) is 0. The highest BCUT2D eigenvalue weighted by Crippen LogP contribution is 2.27. The zero-order chi connectivity index (χ0) is 13.0. The van der Waals surface area contributed by atoms with E-state index in [0.29, 0.717) is 35.5 Å². The Morgan fingerprint density at radius 1 is 1.61 bits per heavy atom. The molecule has 1 unspecified atom stereocenters. The van der Waals surface area contributed by atoms with E-state index in [2.05, 4.69) is 5.16 Å². The van der Waals surface area contributed by atoms with Crippen molar-refractivity contribution in [2.24, 2.45) is 16.8 Å². The summed E-state index contributed by atoms with van der Waals surface area (Å²) in [6.45, 7) is 2.02. The van der Waals surface area contributed by atoms with Gasteiger partial charge in [-0.1, -0.05) is 22.8 Å². The predicted molar refractivity (Wildman–Crippen MR) is 68.4 cm³/mol. The van der Waals surface area contributed by atoms with Gasteiger partial charge in [0, 0.05) is 12.5 Å². The van der Waals surface area contributed by atoms with Gasteiger partial charge in [0.05, 0.1) is 23.8 Å². The van der Waals surface area contributed by atoms with Gasteiger partial charge in [-0.2, -0.15) is 0 Å². The monoisotopic (exact) mass is 270 g/mol. The van der Waals surface area contributed by atoms with E-state index in [1.54, 1.807) is 18.2 Å². The molecule has 1 aromatic rings. The van der Waals surface area contributed by atoms with Crippen molar-refractivity contribution < 1.29 is 14.7 Å². The summed E-state index contributed by atoms with van der Waals surface area (Å²) in [6.07, 6.45) is 0.986. The van der Waals surface area contributed by atoms with Crippen LogP contribution < -0.4 is 10.5 Å². The first-order chi connectivity index (χ1) is 8.72. The van der Waals surface area contributed by atoms with Crippen LogP contribution in [0.5, 0.6) is 5.75 Å². The molecular formula is C12H15ClN2O3. The molecule has 0 aromatic heterocycles. The minimum absolute atomic E-state index is 0.0572. The number of ether oxygens (including phenoxy) is 2. The third-order valence-corrected chi connectivity index (χ3v) is 3.15. The molecule has 3 N–H and O–H groups in total. The topological polar surface area (TPSA) is 77.1 Å². The van der Waals surface area contributed by atoms with Crippen LogP contribution >= 0.6 is 11.6 Å². The summed E-state index contributed by atoms with van der Waals surface area (Å²) >= 11 is 6.02. The molecule has 5 nitrogen and oxygen atoms in total. The molecule has 1 saturated heterocycles. The molecule has 2 rings (SSSR count). The van der Waals surface area contributed by atoms with Crippen molar-refractivity contribution in [3.63, 3.8) is 0 Å². The van der Waals surface area contributed by atoms with Crippen LogP contribution in [-0.4, -0.2) is 30.9 Å². The lowest BCUT2D eigenvalue weighted by Gasteiger charge is -2.14. The molecule has 1 aliphatic rings. The minimum Gasteiger partial charge on any atom is -0.492 e. The van der Waals surface area contributed by atoms with Crippen molar-refractivity contribution in [2.45, 2.75) is 6.42 Å². The third-order valence-electron chi connectivity index (χ3n) is 2.84. The molecule has 1 aliphatic heterocycles. The Morgan fingerprint density at radius 3 is 3.11 bits per heavy atom. The summed E-state index contributed by atoms with van der Waals surface area (Å²) in [4.78, 5) is 0. The Hall–Kier alpha value is -1.46. The normalized spacial score (nSPS) is 20.1. The molecule has 1 heterocycles. The lowest BCUT2D eigenvalue weighted by Crippen LogP contribution is -2.18. The first-order valence-corrected chi connectivity index (χ1v) is 6.07. The van der Waals surface area contributed by atoms with E-state index < -0.39 is 0 Å². The highest BCUT2D eigenvalue weighted by atomic mass is 35.5. The van der Waals surface area contributed by atoms with Crippen LogP contribution in [0, 0.1) is 5.92 Å². The molecule has 1 fully saturated rings. The summed E-state index contributed by atoms with van der Waals surface area (Å²) in [6, 6.07) is 5.17. The highest BCUT2D eigenvalue weighted by molar-refractivity contribution is 6.34. The van der Waals surface area contributed by atoms with Crippen LogP contribution in [0.2, 0.25) is 5.02 Å². The molecule has 0 bridgehead atoms. The zero-order valence-electron chi connectivity index (χ0n) is 9.80. The molecule has 0 spiro atoms. The molecule has 0 amide bonds. The van der Waals surface area contributed by atoms with Crippen molar-refractivity contribution in [3.05, 3.63) is 28.8 Å². The van der Waals surface area contributed by atoms with Crippen molar-refractivity contribution in [1.82, 2.24) is 0 Å². The second-order valence-corrected chi connectivity index (χ2v) is 4.55. The number of halogens is 1. The number of benzene rings is 1. The molecule has 0 radical (unpaired) electrons. The maximum atomic E-state index is 8.75. The van der Waals surface area contributed by atoms with E-state index in [9.17, 15) is 0 Å². The number of rotatable bonds is 4. The van der Waals surface area contributed by atoms with Gasteiger partial charge in [0.2, 0.25) is 0 Å². The Morgan fingerprint density at radius 2 is 2.44 bits per heavy atom. The minimum atomic E-state index is -0.0572. The lowest BCUT2D eigenvalue weighted by atomic mass is 10.1. The van der Waals surface area contributed by atoms with Crippen LogP contribution in [-0.2, 0) is 4.74 Å². The number of amidine groups is 1. The number of nitrogens with two attached hydrogens (primary N) is 1.